The molecule has 1 heterocycles. The molecule has 0 fully saturated rings. The second kappa shape index (κ2) is 6.75. The van der Waals surface area contributed by atoms with Gasteiger partial charge in [0.15, 0.2) is 0 Å². The number of esters is 1. The first-order valence-corrected chi connectivity index (χ1v) is 8.98. The van der Waals surface area contributed by atoms with Crippen molar-refractivity contribution in [3.63, 3.8) is 0 Å². The van der Waals surface area contributed by atoms with Gasteiger partial charge in [0, 0.05) is 17.8 Å². The van der Waals surface area contributed by atoms with Crippen molar-refractivity contribution in [2.24, 2.45) is 0 Å². The fraction of sp³-hybridized carbons (Fsp3) is 0.217. The maximum Gasteiger partial charge on any atom is 0.307 e. The summed E-state index contributed by atoms with van der Waals surface area (Å²) < 4.78 is 5.35. The Bertz CT molecular complexity index is 888. The summed E-state index contributed by atoms with van der Waals surface area (Å²) in [5.74, 6) is -0.159. The fourth-order valence-electron chi connectivity index (χ4n) is 4.17. The average molecular weight is 343 g/mol. The SMILES string of the molecule is CCOC(=O)CC1(Cc2ccncc2)c2ccccc2-c2ccccc21. The normalized spacial score (nSPS) is 13.7. The van der Waals surface area contributed by atoms with Crippen molar-refractivity contribution in [3.05, 3.63) is 89.7 Å². The van der Waals surface area contributed by atoms with Crippen LogP contribution in [0.3, 0.4) is 0 Å². The number of ether oxygens (including phenoxy) is 1. The first kappa shape index (κ1) is 16.5. The van der Waals surface area contributed by atoms with E-state index in [9.17, 15) is 4.79 Å². The molecule has 0 unspecified atom stereocenters. The summed E-state index contributed by atoms with van der Waals surface area (Å²) in [6.45, 7) is 2.25. The zero-order valence-electron chi connectivity index (χ0n) is 14.8. The van der Waals surface area contributed by atoms with E-state index in [0.29, 0.717) is 13.0 Å². The number of carbonyl (C=O) groups excluding carboxylic acids is 1. The first-order valence-electron chi connectivity index (χ1n) is 8.98. The van der Waals surface area contributed by atoms with E-state index in [1.807, 2.05) is 19.1 Å². The number of fused-ring (bicyclic) bond motifs is 3. The number of hydrogen-bond donors (Lipinski definition) is 0. The third-order valence-electron chi connectivity index (χ3n) is 5.18. The molecule has 4 rings (SSSR count). The van der Waals surface area contributed by atoms with Gasteiger partial charge in [-0.2, -0.15) is 0 Å². The molecule has 0 saturated carbocycles. The van der Waals surface area contributed by atoms with Crippen LogP contribution in [-0.4, -0.2) is 17.6 Å². The van der Waals surface area contributed by atoms with E-state index in [1.165, 1.54) is 22.3 Å². The van der Waals surface area contributed by atoms with Gasteiger partial charge in [-0.1, -0.05) is 48.5 Å². The minimum absolute atomic E-state index is 0.159. The van der Waals surface area contributed by atoms with Crippen molar-refractivity contribution in [3.8, 4) is 11.1 Å². The number of benzene rings is 2. The minimum atomic E-state index is -0.416. The van der Waals surface area contributed by atoms with Crippen LogP contribution in [0.1, 0.15) is 30.0 Å². The Balaban J connectivity index is 1.91. The standard InChI is InChI=1S/C23H21NO2/c1-2-26-22(25)16-23(15-17-11-13-24-14-12-17)20-9-5-3-7-18(20)19-8-4-6-10-21(19)23/h3-14H,2,15-16H2,1H3. The second-order valence-corrected chi connectivity index (χ2v) is 6.69. The van der Waals surface area contributed by atoms with Gasteiger partial charge in [0.1, 0.15) is 0 Å². The monoisotopic (exact) mass is 343 g/mol. The Hall–Kier alpha value is -2.94. The number of aromatic nitrogens is 1. The van der Waals surface area contributed by atoms with Crippen LogP contribution < -0.4 is 0 Å². The smallest absolute Gasteiger partial charge is 0.307 e. The lowest BCUT2D eigenvalue weighted by Gasteiger charge is -2.31. The summed E-state index contributed by atoms with van der Waals surface area (Å²) in [4.78, 5) is 16.7. The molecule has 3 heteroatoms. The molecule has 0 N–H and O–H groups in total. The van der Waals surface area contributed by atoms with Gasteiger partial charge in [-0.3, -0.25) is 9.78 Å². The summed E-state index contributed by atoms with van der Waals surface area (Å²) in [6, 6.07) is 20.9. The average Bonchev–Trinajstić information content (AvgIpc) is 2.94. The van der Waals surface area contributed by atoms with E-state index in [1.54, 1.807) is 12.4 Å². The van der Waals surface area contributed by atoms with Gasteiger partial charge in [0.05, 0.1) is 13.0 Å². The Morgan fingerprint density at radius 1 is 0.923 bits per heavy atom. The molecule has 1 aliphatic carbocycles. The zero-order chi connectivity index (χ0) is 18.0. The Morgan fingerprint density at radius 2 is 1.50 bits per heavy atom. The third kappa shape index (κ3) is 2.70. The van der Waals surface area contributed by atoms with E-state index < -0.39 is 5.41 Å². The highest BCUT2D eigenvalue weighted by molar-refractivity contribution is 5.85. The summed E-state index contributed by atoms with van der Waals surface area (Å²) >= 11 is 0. The predicted octanol–water partition coefficient (Wildman–Crippen LogP) is 4.54. The lowest BCUT2D eigenvalue weighted by Crippen LogP contribution is -2.32. The molecule has 0 saturated heterocycles. The number of carbonyl (C=O) groups is 1. The number of rotatable bonds is 5. The van der Waals surface area contributed by atoms with Crippen molar-refractivity contribution >= 4 is 5.97 Å². The molecule has 0 aliphatic heterocycles. The van der Waals surface area contributed by atoms with Gasteiger partial charge in [-0.25, -0.2) is 0 Å². The quantitative estimate of drug-likeness (QED) is 0.638. The van der Waals surface area contributed by atoms with Gasteiger partial charge < -0.3 is 4.74 Å². The van der Waals surface area contributed by atoms with E-state index in [2.05, 4.69) is 53.5 Å². The lowest BCUT2D eigenvalue weighted by atomic mass is 9.71. The molecular formula is C23H21NO2. The highest BCUT2D eigenvalue weighted by Gasteiger charge is 2.44. The molecule has 3 nitrogen and oxygen atoms in total. The van der Waals surface area contributed by atoms with Crippen molar-refractivity contribution in [1.82, 2.24) is 4.98 Å². The molecule has 1 aliphatic rings. The number of hydrogen-bond acceptors (Lipinski definition) is 3. The predicted molar refractivity (Wildman–Crippen MR) is 102 cm³/mol. The van der Waals surface area contributed by atoms with Crippen LogP contribution in [0.5, 0.6) is 0 Å². The van der Waals surface area contributed by atoms with Crippen LogP contribution in [0, 0.1) is 0 Å². The molecule has 1 aromatic heterocycles. The third-order valence-corrected chi connectivity index (χ3v) is 5.18. The molecule has 0 spiro atoms. The van der Waals surface area contributed by atoms with Gasteiger partial charge in [0.25, 0.3) is 0 Å². The van der Waals surface area contributed by atoms with Crippen molar-refractivity contribution in [2.75, 3.05) is 6.61 Å². The summed E-state index contributed by atoms with van der Waals surface area (Å²) in [5, 5.41) is 0. The molecule has 3 aromatic rings. The lowest BCUT2D eigenvalue weighted by molar-refractivity contribution is -0.144. The molecule has 26 heavy (non-hydrogen) atoms. The highest BCUT2D eigenvalue weighted by Crippen LogP contribution is 2.52. The van der Waals surface area contributed by atoms with Crippen molar-refractivity contribution in [2.45, 2.75) is 25.2 Å². The topological polar surface area (TPSA) is 39.2 Å². The van der Waals surface area contributed by atoms with Crippen LogP contribution in [-0.2, 0) is 21.4 Å². The molecule has 0 atom stereocenters. The van der Waals surface area contributed by atoms with Crippen LogP contribution in [0.2, 0.25) is 0 Å². The highest BCUT2D eigenvalue weighted by atomic mass is 16.5. The molecule has 0 radical (unpaired) electrons. The minimum Gasteiger partial charge on any atom is -0.466 e. The van der Waals surface area contributed by atoms with Crippen LogP contribution in [0.25, 0.3) is 11.1 Å². The first-order chi connectivity index (χ1) is 12.7. The summed E-state index contributed by atoms with van der Waals surface area (Å²) in [7, 11) is 0. The molecular weight excluding hydrogens is 322 g/mol. The maximum atomic E-state index is 12.6. The fourth-order valence-corrected chi connectivity index (χ4v) is 4.17. The second-order valence-electron chi connectivity index (χ2n) is 6.69. The van der Waals surface area contributed by atoms with E-state index >= 15 is 0 Å². The van der Waals surface area contributed by atoms with Crippen LogP contribution in [0.15, 0.2) is 73.1 Å². The number of nitrogens with zero attached hydrogens (tertiary/aromatic N) is 1. The largest absolute Gasteiger partial charge is 0.466 e. The Labute approximate surface area is 153 Å². The molecule has 0 bridgehead atoms. The van der Waals surface area contributed by atoms with E-state index in [-0.39, 0.29) is 5.97 Å². The molecule has 2 aromatic carbocycles. The Kier molecular flexibility index (Phi) is 4.29. The van der Waals surface area contributed by atoms with Gasteiger partial charge in [-0.05, 0) is 53.3 Å². The van der Waals surface area contributed by atoms with Gasteiger partial charge in [0.2, 0.25) is 0 Å². The maximum absolute atomic E-state index is 12.6. The van der Waals surface area contributed by atoms with Gasteiger partial charge in [-0.15, -0.1) is 0 Å². The van der Waals surface area contributed by atoms with E-state index in [0.717, 1.165) is 12.0 Å². The van der Waals surface area contributed by atoms with Crippen LogP contribution in [0.4, 0.5) is 0 Å². The van der Waals surface area contributed by atoms with Crippen LogP contribution >= 0.6 is 0 Å². The number of pyridine rings is 1. The zero-order valence-corrected chi connectivity index (χ0v) is 14.8. The van der Waals surface area contributed by atoms with Crippen molar-refractivity contribution in [1.29, 1.82) is 0 Å². The van der Waals surface area contributed by atoms with E-state index in [4.69, 9.17) is 4.74 Å². The molecule has 0 amide bonds. The molecule has 130 valence electrons. The van der Waals surface area contributed by atoms with Crippen molar-refractivity contribution < 1.29 is 9.53 Å². The Morgan fingerprint density at radius 3 is 2.08 bits per heavy atom. The van der Waals surface area contributed by atoms with Gasteiger partial charge >= 0.3 is 5.97 Å². The summed E-state index contributed by atoms with van der Waals surface area (Å²) in [5.41, 5.74) is 5.57. The summed E-state index contributed by atoms with van der Waals surface area (Å²) in [6.07, 6.45) is 4.68.